The number of carbonyl (C=O) groups is 4. The van der Waals surface area contributed by atoms with E-state index in [0.29, 0.717) is 66.9 Å². The molecule has 1 saturated heterocycles. The number of aliphatic hydroxyl groups excluding tert-OH is 1. The minimum absolute atomic E-state index is 0. The molecular formula is C65H88BrNO14S2. The first-order chi connectivity index (χ1) is 39.2. The second kappa shape index (κ2) is 41.3. The number of quaternary nitrogens is 1. The van der Waals surface area contributed by atoms with Crippen molar-refractivity contribution in [2.75, 3.05) is 79.0 Å². The zero-order chi connectivity index (χ0) is 58.8. The monoisotopic (exact) mass is 1250 g/mol. The molecule has 6 aromatic rings. The summed E-state index contributed by atoms with van der Waals surface area (Å²) in [4.78, 5) is 69.8. The van der Waals surface area contributed by atoms with Crippen LogP contribution in [0.3, 0.4) is 0 Å². The predicted molar refractivity (Wildman–Crippen MR) is 333 cm³/mol. The number of esters is 3. The Hall–Kier alpha value is -5.70. The van der Waals surface area contributed by atoms with E-state index in [1.165, 1.54) is 129 Å². The minimum atomic E-state index is -1.02. The lowest BCUT2D eigenvalue weighted by Crippen LogP contribution is -3.00. The van der Waals surface area contributed by atoms with Gasteiger partial charge in [-0.2, -0.15) is 0 Å². The van der Waals surface area contributed by atoms with Crippen LogP contribution in [0, 0.1) is 0 Å². The zero-order valence-corrected chi connectivity index (χ0v) is 51.4. The summed E-state index contributed by atoms with van der Waals surface area (Å²) in [5.41, 5.74) is 0.153. The minimum Gasteiger partial charge on any atom is -1.00 e. The molecule has 1 fully saturated rings. The van der Waals surface area contributed by atoms with Crippen LogP contribution < -0.4 is 27.8 Å². The molecule has 1 aliphatic heterocycles. The maximum Gasteiger partial charge on any atom is 0.338 e. The number of aromatic carboxylic acids is 1. The van der Waals surface area contributed by atoms with Crippen LogP contribution in [0.1, 0.15) is 133 Å². The van der Waals surface area contributed by atoms with Gasteiger partial charge in [-0.05, 0) is 112 Å². The van der Waals surface area contributed by atoms with E-state index in [9.17, 15) is 33.9 Å². The van der Waals surface area contributed by atoms with Crippen molar-refractivity contribution < 1.29 is 79.3 Å². The maximum atomic E-state index is 12.8. The highest BCUT2D eigenvalue weighted by atomic mass is 79.9. The second-order valence-electron chi connectivity index (χ2n) is 19.7. The van der Waals surface area contributed by atoms with E-state index in [2.05, 4.69) is 40.9 Å². The highest BCUT2D eigenvalue weighted by Crippen LogP contribution is 2.27. The molecule has 2 N–H and O–H groups in total. The van der Waals surface area contributed by atoms with Gasteiger partial charge >= 0.3 is 23.9 Å². The van der Waals surface area contributed by atoms with Crippen LogP contribution in [0.4, 0.5) is 0 Å². The molecule has 7 rings (SSSR count). The van der Waals surface area contributed by atoms with Gasteiger partial charge in [-0.3, -0.25) is 9.59 Å². The van der Waals surface area contributed by atoms with Gasteiger partial charge in [0.25, 0.3) is 0 Å². The third kappa shape index (κ3) is 26.4. The summed E-state index contributed by atoms with van der Waals surface area (Å²) >= 11 is 2.98. The Morgan fingerprint density at radius 2 is 1.00 bits per heavy atom. The topological polar surface area (TPSA) is 202 Å². The summed E-state index contributed by atoms with van der Waals surface area (Å²) < 4.78 is 35.2. The molecule has 1 aliphatic rings. The van der Waals surface area contributed by atoms with Gasteiger partial charge in [-0.25, -0.2) is 19.2 Å². The van der Waals surface area contributed by atoms with Crippen LogP contribution >= 0.6 is 22.7 Å². The number of rotatable bonds is 32. The average molecular weight is 1250 g/mol. The summed E-state index contributed by atoms with van der Waals surface area (Å²) in [7, 11) is 0. The van der Waals surface area contributed by atoms with E-state index in [-0.39, 0.29) is 72.2 Å². The quantitative estimate of drug-likeness (QED) is 0.00768. The number of ether oxygens (including phenoxy) is 6. The molecule has 3 heterocycles. The number of hydrogen-bond acceptors (Lipinski definition) is 15. The third-order valence-electron chi connectivity index (χ3n) is 13.2. The van der Waals surface area contributed by atoms with Crippen molar-refractivity contribution in [3.05, 3.63) is 142 Å². The highest BCUT2D eigenvalue weighted by molar-refractivity contribution is 7.25. The molecule has 0 bridgehead atoms. The summed E-state index contributed by atoms with van der Waals surface area (Å²) in [5, 5.41) is 21.1. The molecule has 4 aromatic carbocycles. The van der Waals surface area contributed by atoms with E-state index < -0.39 is 24.0 Å². The van der Waals surface area contributed by atoms with Crippen molar-refractivity contribution >= 4 is 86.9 Å². The third-order valence-corrected chi connectivity index (χ3v) is 15.5. The first kappa shape index (κ1) is 73.4. The van der Waals surface area contributed by atoms with Crippen molar-refractivity contribution in [2.45, 2.75) is 124 Å². The predicted octanol–water partition coefficient (Wildman–Crippen LogP) is 10.1. The largest absolute Gasteiger partial charge is 1.00 e. The van der Waals surface area contributed by atoms with Crippen molar-refractivity contribution in [2.24, 2.45) is 0 Å². The first-order valence-electron chi connectivity index (χ1n) is 28.4. The summed E-state index contributed by atoms with van der Waals surface area (Å²) in [5.74, 6) is -2.46. The maximum absolute atomic E-state index is 12.8. The van der Waals surface area contributed by atoms with Crippen molar-refractivity contribution in [1.82, 2.24) is 0 Å². The van der Waals surface area contributed by atoms with Crippen LogP contribution in [0.15, 0.2) is 120 Å². The van der Waals surface area contributed by atoms with Gasteiger partial charge in [-0.1, -0.05) is 98.2 Å². The first-order valence-corrected chi connectivity index (χ1v) is 30.1. The van der Waals surface area contributed by atoms with Crippen molar-refractivity contribution in [3.8, 4) is 0 Å². The smallest absolute Gasteiger partial charge is 0.338 e. The molecule has 0 amide bonds. The van der Waals surface area contributed by atoms with Gasteiger partial charge in [0.1, 0.15) is 18.8 Å². The number of benzene rings is 4. The molecule has 0 aliphatic carbocycles. The Labute approximate surface area is 508 Å². The molecule has 2 aromatic heterocycles. The fraction of sp³-hybridized carbons (Fsp3) is 0.477. The van der Waals surface area contributed by atoms with E-state index in [1.807, 2.05) is 36.4 Å². The molecule has 15 nitrogen and oxygen atoms in total. The Bertz CT molecular complexity index is 3010. The highest BCUT2D eigenvalue weighted by Gasteiger charge is 2.25. The second-order valence-corrected chi connectivity index (χ2v) is 21.9. The van der Waals surface area contributed by atoms with Gasteiger partial charge in [0.2, 0.25) is 0 Å². The summed E-state index contributed by atoms with van der Waals surface area (Å²) in [6.45, 7) is 24.7. The lowest BCUT2D eigenvalue weighted by atomic mass is 10.1. The number of fused-ring (bicyclic) bond motifs is 4. The van der Waals surface area contributed by atoms with Gasteiger partial charge in [0.15, 0.2) is 10.9 Å². The number of carboxylic acids is 1. The van der Waals surface area contributed by atoms with E-state index in [0.717, 1.165) is 44.3 Å². The molecule has 0 spiro atoms. The molecule has 83 heavy (non-hydrogen) atoms. The molecule has 2 unspecified atom stereocenters. The SMILES string of the molecule is C.C=CC(=O)OCCCCOCC(O)COC(=O)c1ccc2sc3ccccc3c(=O)c2c1.C=CC(=O)OCCCCOCC1CO1.CCCC[N+](CCCC)(CCCC)CCCC.O=C(O)c1ccc2sc3ccccc3c(=O)c2c1.[Br-]. The zero-order valence-electron chi connectivity index (χ0n) is 48.2. The fourth-order valence-electron chi connectivity index (χ4n) is 8.49. The number of halogens is 1. The van der Waals surface area contributed by atoms with Crippen molar-refractivity contribution in [1.29, 1.82) is 0 Å². The molecule has 2 atom stereocenters. The molecule has 18 heteroatoms. The Balaban J connectivity index is 0.000000398. The Morgan fingerprint density at radius 1 is 0.590 bits per heavy atom. The number of carboxylic acid groups (broad SMARTS) is 1. The number of hydrogen-bond donors (Lipinski definition) is 2. The van der Waals surface area contributed by atoms with Gasteiger partial charge < -0.3 is 60.1 Å². The Morgan fingerprint density at radius 3 is 1.43 bits per heavy atom. The number of unbranched alkanes of at least 4 members (excludes halogenated alkanes) is 6. The van der Waals surface area contributed by atoms with Crippen LogP contribution in [-0.4, -0.2) is 130 Å². The molecule has 0 saturated carbocycles. The summed E-state index contributed by atoms with van der Waals surface area (Å²) in [6.07, 6.45) is 15.7. The lowest BCUT2D eigenvalue weighted by molar-refractivity contribution is -0.929. The normalized spacial score (nSPS) is 12.6. The van der Waals surface area contributed by atoms with Crippen LogP contribution in [0.5, 0.6) is 0 Å². The van der Waals surface area contributed by atoms with Crippen LogP contribution in [0.2, 0.25) is 0 Å². The molecule has 0 radical (unpaired) electrons. The van der Waals surface area contributed by atoms with E-state index in [1.54, 1.807) is 30.3 Å². The fourth-order valence-corrected chi connectivity index (χ4v) is 10.6. The van der Waals surface area contributed by atoms with E-state index in [4.69, 9.17) is 33.5 Å². The summed E-state index contributed by atoms with van der Waals surface area (Å²) in [6, 6.07) is 24.2. The van der Waals surface area contributed by atoms with Crippen LogP contribution in [-0.2, 0) is 38.0 Å². The van der Waals surface area contributed by atoms with Gasteiger partial charge in [0, 0.05) is 65.7 Å². The number of carbonyl (C=O) groups excluding carboxylic acids is 3. The Kier molecular flexibility index (Phi) is 36.6. The van der Waals surface area contributed by atoms with Crippen molar-refractivity contribution in [3.63, 3.8) is 0 Å². The van der Waals surface area contributed by atoms with Crippen LogP contribution in [0.25, 0.3) is 40.3 Å². The molecular weight excluding hydrogens is 1160 g/mol. The van der Waals surface area contributed by atoms with E-state index >= 15 is 0 Å². The standard InChI is InChI=1S/C24H24O7S.C16H36N.C14H8O3S.C10H16O4.CH4.BrH/c1-2-22(26)30-12-6-5-11-29-14-17(25)15-31-24(28)16-9-10-21-19(13-16)23(27)18-7-3-4-8-20(18)32-21;1-5-9-13-17(14-10-6-2,15-11-7-3)16-12-8-4;15-13-9-3-1-2-4-11(9)18-12-6-5-8(14(16)17)7-10(12)13;1-2-10(11)13-6-4-3-5-12-7-9-8-14-9;;/h2-4,7-10,13,17,25H,1,5-6,11-12,14-15H2;5-16H2,1-4H3;1-7H,(H,16,17);2,9H,1,3-8H2;1H4;1H/q;+1;;;;/p-1. The average Bonchev–Trinajstić information content (AvgIpc) is 3.24. The number of aliphatic hydroxyl groups is 1. The van der Waals surface area contributed by atoms with Gasteiger partial charge in [0.05, 0.1) is 70.3 Å². The number of nitrogens with zero attached hydrogens (tertiary/aromatic N) is 1. The number of epoxide rings is 1. The van der Waals surface area contributed by atoms with Gasteiger partial charge in [-0.15, -0.1) is 22.7 Å². The molecule has 456 valence electrons. The lowest BCUT2D eigenvalue weighted by Gasteiger charge is -2.39.